The highest BCUT2D eigenvalue weighted by atomic mass is 16.6. The van der Waals surface area contributed by atoms with E-state index in [9.17, 15) is 14.4 Å². The standard InChI is InChI=1S/C6H10O2.C4H2O3/c1-4-5(2)6(7)8-3;5-3-1-2-4(6)7-3/h2,4H2,1,3H3;1-2H. The lowest BCUT2D eigenvalue weighted by molar-refractivity contribution is -0.150. The van der Waals surface area contributed by atoms with E-state index in [-0.39, 0.29) is 5.97 Å². The minimum absolute atomic E-state index is 0.312. The van der Waals surface area contributed by atoms with Crippen molar-refractivity contribution in [1.82, 2.24) is 0 Å². The molecule has 1 rings (SSSR count). The fourth-order valence-electron chi connectivity index (χ4n) is 0.592. The molecule has 0 atom stereocenters. The summed E-state index contributed by atoms with van der Waals surface area (Å²) in [6.45, 7) is 5.33. The molecule has 0 fully saturated rings. The summed E-state index contributed by atoms with van der Waals surface area (Å²) < 4.78 is 8.34. The third-order valence-corrected chi connectivity index (χ3v) is 1.46. The maximum Gasteiger partial charge on any atom is 0.338 e. The molecule has 0 saturated heterocycles. The minimum atomic E-state index is -0.579. The Morgan fingerprint density at radius 3 is 2.00 bits per heavy atom. The van der Waals surface area contributed by atoms with Gasteiger partial charge in [0.2, 0.25) is 0 Å². The van der Waals surface area contributed by atoms with E-state index < -0.39 is 11.9 Å². The second-order valence-electron chi connectivity index (χ2n) is 2.52. The summed E-state index contributed by atoms with van der Waals surface area (Å²) in [4.78, 5) is 30.3. The molecule has 5 nitrogen and oxygen atoms in total. The number of carbonyl (C=O) groups is 3. The van der Waals surface area contributed by atoms with Crippen LogP contribution in [0, 0.1) is 0 Å². The van der Waals surface area contributed by atoms with E-state index >= 15 is 0 Å². The van der Waals surface area contributed by atoms with Crippen LogP contribution in [0.5, 0.6) is 0 Å². The first-order chi connectivity index (χ1) is 7.01. The van der Waals surface area contributed by atoms with Crippen LogP contribution in [0.1, 0.15) is 13.3 Å². The Hall–Kier alpha value is -1.91. The van der Waals surface area contributed by atoms with Gasteiger partial charge < -0.3 is 9.47 Å². The summed E-state index contributed by atoms with van der Waals surface area (Å²) >= 11 is 0. The van der Waals surface area contributed by atoms with E-state index in [1.165, 1.54) is 7.11 Å². The van der Waals surface area contributed by atoms with Crippen molar-refractivity contribution in [2.45, 2.75) is 13.3 Å². The van der Waals surface area contributed by atoms with Gasteiger partial charge in [0.15, 0.2) is 0 Å². The molecule has 0 aromatic carbocycles. The molecule has 0 aromatic heterocycles. The van der Waals surface area contributed by atoms with E-state index in [0.717, 1.165) is 12.2 Å². The zero-order valence-corrected chi connectivity index (χ0v) is 8.61. The molecule has 0 bridgehead atoms. The molecule has 5 heteroatoms. The van der Waals surface area contributed by atoms with Crippen molar-refractivity contribution in [3.05, 3.63) is 24.3 Å². The summed E-state index contributed by atoms with van der Waals surface area (Å²) in [5.41, 5.74) is 0.521. The van der Waals surface area contributed by atoms with Crippen molar-refractivity contribution in [3.63, 3.8) is 0 Å². The SMILES string of the molecule is C=C(CC)C(=O)OC.O=C1C=CC(=O)O1. The van der Waals surface area contributed by atoms with Crippen LogP contribution in [0.25, 0.3) is 0 Å². The molecule has 0 unspecified atom stereocenters. The monoisotopic (exact) mass is 212 g/mol. The zero-order chi connectivity index (χ0) is 11.8. The fourth-order valence-corrected chi connectivity index (χ4v) is 0.592. The molecule has 0 aliphatic carbocycles. The highest BCUT2D eigenvalue weighted by Crippen LogP contribution is 1.96. The number of ether oxygens (including phenoxy) is 2. The minimum Gasteiger partial charge on any atom is -0.466 e. The molecule has 0 saturated carbocycles. The zero-order valence-electron chi connectivity index (χ0n) is 8.61. The van der Waals surface area contributed by atoms with Gasteiger partial charge in [0, 0.05) is 17.7 Å². The molecule has 0 N–H and O–H groups in total. The summed E-state index contributed by atoms with van der Waals surface area (Å²) in [7, 11) is 1.35. The predicted molar refractivity (Wildman–Crippen MR) is 51.7 cm³/mol. The van der Waals surface area contributed by atoms with E-state index in [1.807, 2.05) is 6.92 Å². The summed E-state index contributed by atoms with van der Waals surface area (Å²) in [6.07, 6.45) is 2.83. The highest BCUT2D eigenvalue weighted by molar-refractivity contribution is 6.04. The van der Waals surface area contributed by atoms with E-state index in [4.69, 9.17) is 0 Å². The molecule has 1 aliphatic heterocycles. The molecular weight excluding hydrogens is 200 g/mol. The molecule has 15 heavy (non-hydrogen) atoms. The molecular formula is C10H12O5. The summed E-state index contributed by atoms with van der Waals surface area (Å²) in [5, 5.41) is 0. The van der Waals surface area contributed by atoms with E-state index in [2.05, 4.69) is 16.1 Å². The number of rotatable bonds is 2. The third-order valence-electron chi connectivity index (χ3n) is 1.46. The van der Waals surface area contributed by atoms with Crippen LogP contribution < -0.4 is 0 Å². The van der Waals surface area contributed by atoms with Crippen molar-refractivity contribution in [3.8, 4) is 0 Å². The van der Waals surface area contributed by atoms with Crippen molar-refractivity contribution >= 4 is 17.9 Å². The molecule has 1 aliphatic rings. The quantitative estimate of drug-likeness (QED) is 0.384. The average molecular weight is 212 g/mol. The smallest absolute Gasteiger partial charge is 0.338 e. The Bertz CT molecular complexity index is 284. The van der Waals surface area contributed by atoms with Gasteiger partial charge in [0.1, 0.15) is 0 Å². The second kappa shape index (κ2) is 6.53. The Labute approximate surface area is 87.4 Å². The predicted octanol–water partition coefficient (Wildman–Crippen LogP) is 0.752. The van der Waals surface area contributed by atoms with Crippen molar-refractivity contribution in [2.75, 3.05) is 7.11 Å². The first-order valence-electron chi connectivity index (χ1n) is 4.21. The van der Waals surface area contributed by atoms with Crippen molar-refractivity contribution in [2.24, 2.45) is 0 Å². The van der Waals surface area contributed by atoms with E-state index in [1.54, 1.807) is 0 Å². The number of hydrogen-bond acceptors (Lipinski definition) is 5. The van der Waals surface area contributed by atoms with Gasteiger partial charge in [-0.2, -0.15) is 0 Å². The lowest BCUT2D eigenvalue weighted by Crippen LogP contribution is -2.01. The van der Waals surface area contributed by atoms with E-state index in [0.29, 0.717) is 12.0 Å². The van der Waals surface area contributed by atoms with Crippen LogP contribution >= 0.6 is 0 Å². The van der Waals surface area contributed by atoms with Crippen molar-refractivity contribution < 1.29 is 23.9 Å². The Kier molecular flexibility index (Phi) is 5.70. The Morgan fingerprint density at radius 2 is 1.87 bits per heavy atom. The van der Waals surface area contributed by atoms with Crippen LogP contribution in [-0.2, 0) is 23.9 Å². The molecule has 0 spiro atoms. The van der Waals surface area contributed by atoms with Gasteiger partial charge in [-0.15, -0.1) is 0 Å². The maximum atomic E-state index is 10.4. The average Bonchev–Trinajstić information content (AvgIpc) is 2.61. The van der Waals surface area contributed by atoms with Gasteiger partial charge in [-0.1, -0.05) is 13.5 Å². The fraction of sp³-hybridized carbons (Fsp3) is 0.300. The van der Waals surface area contributed by atoms with Crippen LogP contribution in [0.2, 0.25) is 0 Å². The van der Waals surface area contributed by atoms with Crippen LogP contribution in [0.4, 0.5) is 0 Å². The van der Waals surface area contributed by atoms with Crippen LogP contribution in [0.15, 0.2) is 24.3 Å². The first-order valence-corrected chi connectivity index (χ1v) is 4.21. The van der Waals surface area contributed by atoms with Crippen molar-refractivity contribution in [1.29, 1.82) is 0 Å². The van der Waals surface area contributed by atoms with Gasteiger partial charge in [0.05, 0.1) is 7.11 Å². The summed E-state index contributed by atoms with van der Waals surface area (Å²) in [5.74, 6) is -1.47. The normalized spacial score (nSPS) is 12.7. The number of methoxy groups -OCH3 is 1. The third kappa shape index (κ3) is 5.41. The Morgan fingerprint density at radius 1 is 1.40 bits per heavy atom. The highest BCUT2D eigenvalue weighted by Gasteiger charge is 2.10. The topological polar surface area (TPSA) is 69.7 Å². The van der Waals surface area contributed by atoms with Gasteiger partial charge in [-0.25, -0.2) is 14.4 Å². The number of hydrogen-bond donors (Lipinski definition) is 0. The lowest BCUT2D eigenvalue weighted by Gasteiger charge is -1.95. The van der Waals surface area contributed by atoms with Crippen LogP contribution in [-0.4, -0.2) is 25.0 Å². The number of carbonyl (C=O) groups excluding carboxylic acids is 3. The largest absolute Gasteiger partial charge is 0.466 e. The summed E-state index contributed by atoms with van der Waals surface area (Å²) in [6, 6.07) is 0. The van der Waals surface area contributed by atoms with Gasteiger partial charge in [-0.05, 0) is 6.42 Å². The Balaban J connectivity index is 0.000000262. The molecule has 82 valence electrons. The number of cyclic esters (lactones) is 2. The molecule has 0 radical (unpaired) electrons. The molecule has 0 aromatic rings. The lowest BCUT2D eigenvalue weighted by atomic mass is 10.2. The second-order valence-corrected chi connectivity index (χ2v) is 2.52. The number of esters is 3. The van der Waals surface area contributed by atoms with Gasteiger partial charge in [0.25, 0.3) is 0 Å². The maximum absolute atomic E-state index is 10.4. The molecule has 0 amide bonds. The molecule has 1 heterocycles. The van der Waals surface area contributed by atoms with Gasteiger partial charge in [-0.3, -0.25) is 0 Å². The first kappa shape index (κ1) is 13.1. The van der Waals surface area contributed by atoms with Crippen LogP contribution in [0.3, 0.4) is 0 Å². The van der Waals surface area contributed by atoms with Gasteiger partial charge >= 0.3 is 17.9 Å².